The number of hydrogen-bond acceptors (Lipinski definition) is 3. The zero-order valence-corrected chi connectivity index (χ0v) is 10.7. The Labute approximate surface area is 105 Å². The van der Waals surface area contributed by atoms with Crippen LogP contribution in [0.4, 0.5) is 0 Å². The van der Waals surface area contributed by atoms with Crippen molar-refractivity contribution >= 4 is 11.8 Å². The second kappa shape index (κ2) is 5.07. The van der Waals surface area contributed by atoms with E-state index in [4.69, 9.17) is 0 Å². The van der Waals surface area contributed by atoms with Gasteiger partial charge in [0, 0.05) is 11.1 Å². The summed E-state index contributed by atoms with van der Waals surface area (Å²) in [6.07, 6.45) is 1.88. The van der Waals surface area contributed by atoms with Crippen LogP contribution in [0.3, 0.4) is 0 Å². The fraction of sp³-hybridized carbons (Fsp3) is 0.231. The van der Waals surface area contributed by atoms with E-state index in [-0.39, 0.29) is 0 Å². The van der Waals surface area contributed by atoms with E-state index < -0.39 is 0 Å². The second-order valence-electron chi connectivity index (χ2n) is 3.60. The fourth-order valence-corrected chi connectivity index (χ4v) is 2.43. The molecule has 1 heterocycles. The maximum Gasteiger partial charge on any atom is 0.103 e. The van der Waals surface area contributed by atoms with Crippen LogP contribution in [0.25, 0.3) is 5.69 Å². The standard InChI is InChI=1S/C13H13N3S/c1-3-17-13-6-4-5-12(11(13)9-14)16-8-7-10(2)15-16/h4-8H,3H2,1-2H3. The molecule has 0 radical (unpaired) electrons. The molecule has 2 rings (SSSR count). The van der Waals surface area contributed by atoms with Crippen LogP contribution in [0.1, 0.15) is 18.2 Å². The molecule has 0 unspecified atom stereocenters. The Hall–Kier alpha value is -1.73. The maximum absolute atomic E-state index is 9.29. The van der Waals surface area contributed by atoms with Crippen LogP contribution in [0.2, 0.25) is 0 Å². The summed E-state index contributed by atoms with van der Waals surface area (Å²) in [4.78, 5) is 1.01. The molecule has 1 aromatic carbocycles. The molecule has 1 aromatic heterocycles. The number of nitrogens with zero attached hydrogens (tertiary/aromatic N) is 3. The smallest absolute Gasteiger partial charge is 0.103 e. The first kappa shape index (κ1) is 11.7. The summed E-state index contributed by atoms with van der Waals surface area (Å²) in [5.74, 6) is 0.955. The number of hydrogen-bond donors (Lipinski definition) is 0. The van der Waals surface area contributed by atoms with Crippen molar-refractivity contribution in [2.75, 3.05) is 5.75 Å². The van der Waals surface area contributed by atoms with Crippen LogP contribution >= 0.6 is 11.8 Å². The average molecular weight is 243 g/mol. The van der Waals surface area contributed by atoms with E-state index in [2.05, 4.69) is 18.1 Å². The molecule has 2 aromatic rings. The van der Waals surface area contributed by atoms with E-state index in [9.17, 15) is 5.26 Å². The third-order valence-electron chi connectivity index (χ3n) is 2.39. The van der Waals surface area contributed by atoms with Gasteiger partial charge in [-0.25, -0.2) is 4.68 Å². The van der Waals surface area contributed by atoms with Gasteiger partial charge in [0.05, 0.1) is 16.9 Å². The lowest BCUT2D eigenvalue weighted by atomic mass is 10.2. The molecule has 0 spiro atoms. The molecule has 0 aliphatic heterocycles. The zero-order valence-electron chi connectivity index (χ0n) is 9.84. The summed E-state index contributed by atoms with van der Waals surface area (Å²) in [5.41, 5.74) is 2.49. The van der Waals surface area contributed by atoms with Gasteiger partial charge >= 0.3 is 0 Å². The zero-order chi connectivity index (χ0) is 12.3. The van der Waals surface area contributed by atoms with Gasteiger partial charge in [0.2, 0.25) is 0 Å². The highest BCUT2D eigenvalue weighted by atomic mass is 32.2. The summed E-state index contributed by atoms with van der Waals surface area (Å²) >= 11 is 1.68. The van der Waals surface area contributed by atoms with Crippen molar-refractivity contribution in [3.05, 3.63) is 41.7 Å². The lowest BCUT2D eigenvalue weighted by Gasteiger charge is -2.08. The number of nitriles is 1. The number of thioether (sulfide) groups is 1. The Balaban J connectivity index is 2.54. The van der Waals surface area contributed by atoms with Gasteiger partial charge in [0.15, 0.2) is 0 Å². The predicted octanol–water partition coefficient (Wildman–Crippen LogP) is 3.16. The Kier molecular flexibility index (Phi) is 3.50. The van der Waals surface area contributed by atoms with Crippen molar-refractivity contribution in [1.82, 2.24) is 9.78 Å². The highest BCUT2D eigenvalue weighted by molar-refractivity contribution is 7.99. The Bertz CT molecular complexity index is 566. The van der Waals surface area contributed by atoms with Crippen molar-refractivity contribution in [1.29, 1.82) is 5.26 Å². The molecule has 86 valence electrons. The molecule has 0 fully saturated rings. The van der Waals surface area contributed by atoms with Crippen LogP contribution < -0.4 is 0 Å². The molecule has 0 saturated heterocycles. The van der Waals surface area contributed by atoms with Crippen LogP contribution in [-0.2, 0) is 0 Å². The molecular weight excluding hydrogens is 230 g/mol. The van der Waals surface area contributed by atoms with Gasteiger partial charge in [0.1, 0.15) is 6.07 Å². The van der Waals surface area contributed by atoms with E-state index >= 15 is 0 Å². The summed E-state index contributed by atoms with van der Waals surface area (Å²) < 4.78 is 1.76. The first-order valence-corrected chi connectivity index (χ1v) is 6.43. The van der Waals surface area contributed by atoms with Crippen LogP contribution in [0.5, 0.6) is 0 Å². The summed E-state index contributed by atoms with van der Waals surface area (Å²) in [6.45, 7) is 4.02. The summed E-state index contributed by atoms with van der Waals surface area (Å²) in [5, 5.41) is 13.6. The molecule has 4 heteroatoms. The van der Waals surface area contributed by atoms with Gasteiger partial charge < -0.3 is 0 Å². The number of benzene rings is 1. The first-order chi connectivity index (χ1) is 8.26. The highest BCUT2D eigenvalue weighted by Crippen LogP contribution is 2.26. The average Bonchev–Trinajstić information content (AvgIpc) is 2.76. The number of aryl methyl sites for hydroxylation is 1. The van der Waals surface area contributed by atoms with Crippen LogP contribution in [-0.4, -0.2) is 15.5 Å². The van der Waals surface area contributed by atoms with E-state index in [1.807, 2.05) is 37.4 Å². The molecule has 0 bridgehead atoms. The Morgan fingerprint density at radius 1 is 1.41 bits per heavy atom. The normalized spacial score (nSPS) is 10.2. The molecule has 0 saturated carbocycles. The molecule has 0 atom stereocenters. The van der Waals surface area contributed by atoms with Gasteiger partial charge in [-0.2, -0.15) is 10.4 Å². The van der Waals surface area contributed by atoms with E-state index in [1.165, 1.54) is 0 Å². The number of rotatable bonds is 3. The first-order valence-electron chi connectivity index (χ1n) is 5.44. The molecular formula is C13H13N3S. The highest BCUT2D eigenvalue weighted by Gasteiger charge is 2.10. The maximum atomic E-state index is 9.29. The van der Waals surface area contributed by atoms with E-state index in [1.54, 1.807) is 16.4 Å². The van der Waals surface area contributed by atoms with Crippen molar-refractivity contribution < 1.29 is 0 Å². The minimum absolute atomic E-state index is 0.697. The monoisotopic (exact) mass is 243 g/mol. The van der Waals surface area contributed by atoms with Crippen molar-refractivity contribution in [2.24, 2.45) is 0 Å². The van der Waals surface area contributed by atoms with E-state index in [0.717, 1.165) is 22.0 Å². The quantitative estimate of drug-likeness (QED) is 0.777. The topological polar surface area (TPSA) is 41.6 Å². The third kappa shape index (κ3) is 2.34. The SMILES string of the molecule is CCSc1cccc(-n2ccc(C)n2)c1C#N. The van der Waals surface area contributed by atoms with Crippen molar-refractivity contribution in [3.63, 3.8) is 0 Å². The van der Waals surface area contributed by atoms with Gasteiger partial charge in [0.25, 0.3) is 0 Å². The minimum atomic E-state index is 0.697. The molecule has 17 heavy (non-hydrogen) atoms. The summed E-state index contributed by atoms with van der Waals surface area (Å²) in [6, 6.07) is 10.1. The molecule has 0 amide bonds. The summed E-state index contributed by atoms with van der Waals surface area (Å²) in [7, 11) is 0. The number of aromatic nitrogens is 2. The van der Waals surface area contributed by atoms with Gasteiger partial charge in [-0.15, -0.1) is 11.8 Å². The Morgan fingerprint density at radius 3 is 2.82 bits per heavy atom. The molecule has 3 nitrogen and oxygen atoms in total. The van der Waals surface area contributed by atoms with E-state index in [0.29, 0.717) is 5.56 Å². The predicted molar refractivity (Wildman–Crippen MR) is 69.4 cm³/mol. The lowest BCUT2D eigenvalue weighted by Crippen LogP contribution is -1.99. The lowest BCUT2D eigenvalue weighted by molar-refractivity contribution is 0.856. The van der Waals surface area contributed by atoms with Crippen LogP contribution in [0.15, 0.2) is 35.4 Å². The van der Waals surface area contributed by atoms with Crippen LogP contribution in [0, 0.1) is 18.3 Å². The molecule has 0 N–H and O–H groups in total. The van der Waals surface area contributed by atoms with Gasteiger partial charge in [-0.3, -0.25) is 0 Å². The van der Waals surface area contributed by atoms with Crippen molar-refractivity contribution in [3.8, 4) is 11.8 Å². The van der Waals surface area contributed by atoms with Crippen molar-refractivity contribution in [2.45, 2.75) is 18.7 Å². The van der Waals surface area contributed by atoms with Gasteiger partial charge in [-0.05, 0) is 30.9 Å². The molecule has 0 aliphatic rings. The Morgan fingerprint density at radius 2 is 2.24 bits per heavy atom. The molecule has 0 aliphatic carbocycles. The minimum Gasteiger partial charge on any atom is -0.239 e. The largest absolute Gasteiger partial charge is 0.239 e. The fourth-order valence-electron chi connectivity index (χ4n) is 1.65. The van der Waals surface area contributed by atoms with Gasteiger partial charge in [-0.1, -0.05) is 13.0 Å². The second-order valence-corrected chi connectivity index (χ2v) is 4.90. The third-order valence-corrected chi connectivity index (χ3v) is 3.32.